The van der Waals surface area contributed by atoms with E-state index in [4.69, 9.17) is 5.73 Å². The second kappa shape index (κ2) is 5.32. The highest BCUT2D eigenvalue weighted by Gasteiger charge is 2.21. The van der Waals surface area contributed by atoms with Crippen molar-refractivity contribution >= 4 is 22.6 Å². The van der Waals surface area contributed by atoms with E-state index in [-0.39, 0.29) is 5.56 Å². The summed E-state index contributed by atoms with van der Waals surface area (Å²) in [5.41, 5.74) is 7.05. The monoisotopic (exact) mass is 359 g/mol. The van der Waals surface area contributed by atoms with Gasteiger partial charge in [-0.2, -0.15) is 0 Å². The van der Waals surface area contributed by atoms with Gasteiger partial charge in [0.2, 0.25) is 0 Å². The smallest absolute Gasteiger partial charge is 0.134 e. The molecule has 0 fully saturated rings. The highest BCUT2D eigenvalue weighted by molar-refractivity contribution is 14.1. The van der Waals surface area contributed by atoms with Crippen LogP contribution in [0.4, 0.5) is 8.78 Å². The lowest BCUT2D eigenvalue weighted by Crippen LogP contribution is -2.17. The highest BCUT2D eigenvalue weighted by Crippen LogP contribution is 2.29. The fraction of sp³-hybridized carbons (Fsp3) is 0.143. The van der Waals surface area contributed by atoms with Crippen molar-refractivity contribution in [2.45, 2.75) is 13.0 Å². The Bertz CT molecular complexity index is 584. The molecule has 0 heterocycles. The molecule has 0 spiro atoms. The van der Waals surface area contributed by atoms with Gasteiger partial charge in [0.15, 0.2) is 0 Å². The van der Waals surface area contributed by atoms with E-state index < -0.39 is 17.7 Å². The van der Waals surface area contributed by atoms with Crippen molar-refractivity contribution < 1.29 is 8.78 Å². The number of hydrogen-bond acceptors (Lipinski definition) is 1. The van der Waals surface area contributed by atoms with Crippen LogP contribution < -0.4 is 5.73 Å². The van der Waals surface area contributed by atoms with E-state index in [1.54, 1.807) is 13.0 Å². The average Bonchev–Trinajstić information content (AvgIpc) is 2.35. The predicted octanol–water partition coefficient (Wildman–Crippen LogP) is 3.93. The van der Waals surface area contributed by atoms with E-state index in [0.29, 0.717) is 5.56 Å². The summed E-state index contributed by atoms with van der Waals surface area (Å²) in [4.78, 5) is 0. The molecule has 0 aliphatic carbocycles. The Balaban J connectivity index is 2.56. The first kappa shape index (κ1) is 13.4. The zero-order valence-electron chi connectivity index (χ0n) is 9.75. The van der Waals surface area contributed by atoms with Crippen LogP contribution >= 0.6 is 22.6 Å². The Hall–Kier alpha value is -1.01. The Morgan fingerprint density at radius 3 is 2.44 bits per heavy atom. The van der Waals surface area contributed by atoms with Crippen molar-refractivity contribution in [1.29, 1.82) is 0 Å². The number of hydrogen-bond donors (Lipinski definition) is 1. The molecule has 0 aliphatic heterocycles. The molecule has 0 amide bonds. The quantitative estimate of drug-likeness (QED) is 0.808. The van der Waals surface area contributed by atoms with Crippen molar-refractivity contribution in [3.8, 4) is 0 Å². The maximum absolute atomic E-state index is 14.0. The van der Waals surface area contributed by atoms with Gasteiger partial charge in [0.05, 0.1) is 6.04 Å². The third-order valence-electron chi connectivity index (χ3n) is 2.87. The molecule has 1 unspecified atom stereocenters. The standard InChI is InChI=1S/C14H12F2IN/c1-8-6-7-10(15)12(13(8)16)14(18)9-4-2-3-5-11(9)17/h2-7,14H,18H2,1H3. The minimum atomic E-state index is -0.794. The Morgan fingerprint density at radius 1 is 1.11 bits per heavy atom. The number of aryl methyl sites for hydroxylation is 1. The number of benzene rings is 2. The van der Waals surface area contributed by atoms with Crippen LogP contribution in [0.2, 0.25) is 0 Å². The largest absolute Gasteiger partial charge is 0.320 e. The molecular formula is C14H12F2IN. The minimum absolute atomic E-state index is 0.0703. The molecule has 2 aromatic carbocycles. The van der Waals surface area contributed by atoms with Gasteiger partial charge in [0, 0.05) is 9.13 Å². The van der Waals surface area contributed by atoms with E-state index in [0.717, 1.165) is 9.13 Å². The highest BCUT2D eigenvalue weighted by atomic mass is 127. The summed E-state index contributed by atoms with van der Waals surface area (Å²) < 4.78 is 28.7. The minimum Gasteiger partial charge on any atom is -0.320 e. The number of rotatable bonds is 2. The second-order valence-corrected chi connectivity index (χ2v) is 5.25. The van der Waals surface area contributed by atoms with Gasteiger partial charge in [-0.25, -0.2) is 8.78 Å². The van der Waals surface area contributed by atoms with Crippen LogP contribution in [-0.4, -0.2) is 0 Å². The normalized spacial score (nSPS) is 12.5. The second-order valence-electron chi connectivity index (χ2n) is 4.09. The zero-order valence-corrected chi connectivity index (χ0v) is 11.9. The molecule has 94 valence electrons. The lowest BCUT2D eigenvalue weighted by atomic mass is 9.97. The molecule has 18 heavy (non-hydrogen) atoms. The summed E-state index contributed by atoms with van der Waals surface area (Å²) in [6, 6.07) is 9.19. The van der Waals surface area contributed by atoms with E-state index in [1.807, 2.05) is 18.2 Å². The summed E-state index contributed by atoms with van der Waals surface area (Å²) >= 11 is 2.11. The van der Waals surface area contributed by atoms with Gasteiger partial charge in [0.25, 0.3) is 0 Å². The van der Waals surface area contributed by atoms with Crippen LogP contribution in [-0.2, 0) is 0 Å². The molecule has 0 radical (unpaired) electrons. The maximum atomic E-state index is 14.0. The van der Waals surface area contributed by atoms with Crippen LogP contribution in [0.3, 0.4) is 0 Å². The van der Waals surface area contributed by atoms with Crippen molar-refractivity contribution in [3.63, 3.8) is 0 Å². The zero-order chi connectivity index (χ0) is 13.3. The van der Waals surface area contributed by atoms with Gasteiger partial charge in [-0.1, -0.05) is 24.3 Å². The van der Waals surface area contributed by atoms with Gasteiger partial charge < -0.3 is 5.73 Å². The molecule has 0 saturated carbocycles. The molecule has 0 aliphatic rings. The van der Waals surface area contributed by atoms with Crippen LogP contribution in [0.1, 0.15) is 22.7 Å². The van der Waals surface area contributed by atoms with Crippen molar-refractivity contribution in [2.75, 3.05) is 0 Å². The molecule has 0 saturated heterocycles. The summed E-state index contributed by atoms with van der Waals surface area (Å²) in [5, 5.41) is 0. The van der Waals surface area contributed by atoms with Crippen molar-refractivity contribution in [2.24, 2.45) is 5.73 Å². The first-order valence-electron chi connectivity index (χ1n) is 5.47. The first-order chi connectivity index (χ1) is 8.52. The fourth-order valence-electron chi connectivity index (χ4n) is 1.85. The van der Waals surface area contributed by atoms with Gasteiger partial charge in [-0.3, -0.25) is 0 Å². The lowest BCUT2D eigenvalue weighted by Gasteiger charge is -2.17. The van der Waals surface area contributed by atoms with E-state index >= 15 is 0 Å². The van der Waals surface area contributed by atoms with Crippen molar-refractivity contribution in [1.82, 2.24) is 0 Å². The van der Waals surface area contributed by atoms with Crippen LogP contribution in [0.5, 0.6) is 0 Å². The Kier molecular flexibility index (Phi) is 3.97. The van der Waals surface area contributed by atoms with Gasteiger partial charge in [0.1, 0.15) is 11.6 Å². The molecule has 1 atom stereocenters. The van der Waals surface area contributed by atoms with Gasteiger partial charge >= 0.3 is 0 Å². The molecule has 2 aromatic rings. The van der Waals surface area contributed by atoms with E-state index in [9.17, 15) is 8.78 Å². The van der Waals surface area contributed by atoms with Crippen LogP contribution in [0.15, 0.2) is 36.4 Å². The Labute approximate surface area is 118 Å². The first-order valence-corrected chi connectivity index (χ1v) is 6.54. The number of nitrogens with two attached hydrogens (primary N) is 1. The third-order valence-corrected chi connectivity index (χ3v) is 3.85. The molecule has 2 rings (SSSR count). The van der Waals surface area contributed by atoms with Crippen LogP contribution in [0, 0.1) is 22.1 Å². The molecule has 4 heteroatoms. The fourth-order valence-corrected chi connectivity index (χ4v) is 2.57. The molecule has 2 N–H and O–H groups in total. The summed E-state index contributed by atoms with van der Waals surface area (Å²) in [6.45, 7) is 1.60. The van der Waals surface area contributed by atoms with Gasteiger partial charge in [-0.05, 0) is 52.8 Å². The average molecular weight is 359 g/mol. The summed E-state index contributed by atoms with van der Waals surface area (Å²) in [5.74, 6) is -1.17. The van der Waals surface area contributed by atoms with E-state index in [2.05, 4.69) is 22.6 Å². The number of halogens is 3. The predicted molar refractivity (Wildman–Crippen MR) is 76.3 cm³/mol. The SMILES string of the molecule is Cc1ccc(F)c(C(N)c2ccccc2I)c1F. The Morgan fingerprint density at radius 2 is 1.78 bits per heavy atom. The van der Waals surface area contributed by atoms with Crippen LogP contribution in [0.25, 0.3) is 0 Å². The lowest BCUT2D eigenvalue weighted by molar-refractivity contribution is 0.538. The summed E-state index contributed by atoms with van der Waals surface area (Å²) in [7, 11) is 0. The van der Waals surface area contributed by atoms with Crippen molar-refractivity contribution in [3.05, 3.63) is 68.3 Å². The van der Waals surface area contributed by atoms with E-state index in [1.165, 1.54) is 12.1 Å². The maximum Gasteiger partial charge on any atom is 0.134 e. The molecule has 1 nitrogen and oxygen atoms in total. The molecular weight excluding hydrogens is 347 g/mol. The molecule has 0 aromatic heterocycles. The topological polar surface area (TPSA) is 26.0 Å². The molecule has 0 bridgehead atoms. The third kappa shape index (κ3) is 2.40. The summed E-state index contributed by atoms with van der Waals surface area (Å²) in [6.07, 6.45) is 0. The van der Waals surface area contributed by atoms with Gasteiger partial charge in [-0.15, -0.1) is 0 Å².